The van der Waals surface area contributed by atoms with Crippen LogP contribution in [0, 0.1) is 6.92 Å². The molecule has 0 saturated carbocycles. The molecule has 1 aliphatic rings. The van der Waals surface area contributed by atoms with Crippen molar-refractivity contribution in [3.05, 3.63) is 64.7 Å². The van der Waals surface area contributed by atoms with Crippen molar-refractivity contribution in [3.8, 4) is 0 Å². The van der Waals surface area contributed by atoms with Crippen LogP contribution in [0.4, 0.5) is 5.69 Å². The second-order valence-corrected chi connectivity index (χ2v) is 7.95. The van der Waals surface area contributed by atoms with E-state index in [4.69, 9.17) is 16.3 Å². The van der Waals surface area contributed by atoms with Gasteiger partial charge < -0.3 is 14.7 Å². The molecule has 4 nitrogen and oxygen atoms in total. The molecular weight excluding hydrogens is 372 g/mol. The predicted molar refractivity (Wildman–Crippen MR) is 116 cm³/mol. The summed E-state index contributed by atoms with van der Waals surface area (Å²) in [7, 11) is 0. The maximum Gasteiger partial charge on any atom is 0.0900 e. The molecule has 0 unspecified atom stereocenters. The predicted octanol–water partition coefficient (Wildman–Crippen LogP) is 4.30. The van der Waals surface area contributed by atoms with Gasteiger partial charge >= 0.3 is 0 Å². The Morgan fingerprint density at radius 1 is 1.07 bits per heavy atom. The van der Waals surface area contributed by atoms with Crippen LogP contribution in [0.3, 0.4) is 0 Å². The minimum Gasteiger partial charge on any atom is -0.389 e. The Hall–Kier alpha value is -1.59. The zero-order valence-corrected chi connectivity index (χ0v) is 17.6. The molecule has 0 bridgehead atoms. The van der Waals surface area contributed by atoms with Gasteiger partial charge in [0, 0.05) is 43.4 Å². The summed E-state index contributed by atoms with van der Waals surface area (Å²) in [5.41, 5.74) is 3.63. The second kappa shape index (κ2) is 10.3. The van der Waals surface area contributed by atoms with E-state index in [1.54, 1.807) is 0 Å². The van der Waals surface area contributed by atoms with E-state index >= 15 is 0 Å². The first-order chi connectivity index (χ1) is 13.6. The maximum atomic E-state index is 10.5. The molecule has 5 heteroatoms. The first kappa shape index (κ1) is 21.1. The van der Waals surface area contributed by atoms with Gasteiger partial charge in [-0.2, -0.15) is 0 Å². The van der Waals surface area contributed by atoms with Crippen molar-refractivity contribution < 1.29 is 9.84 Å². The molecule has 2 atom stereocenters. The van der Waals surface area contributed by atoms with Gasteiger partial charge in [0.2, 0.25) is 0 Å². The number of ether oxygens (including phenoxy) is 1. The van der Waals surface area contributed by atoms with E-state index in [0.717, 1.165) is 37.6 Å². The number of piperazine rings is 1. The summed E-state index contributed by atoms with van der Waals surface area (Å²) in [5, 5.41) is 11.2. The van der Waals surface area contributed by atoms with Crippen LogP contribution in [-0.4, -0.2) is 55.4 Å². The highest BCUT2D eigenvalue weighted by Gasteiger charge is 2.21. The van der Waals surface area contributed by atoms with Gasteiger partial charge in [-0.05, 0) is 36.6 Å². The second-order valence-electron chi connectivity index (χ2n) is 7.51. The largest absolute Gasteiger partial charge is 0.389 e. The summed E-state index contributed by atoms with van der Waals surface area (Å²) in [5.74, 6) is 0. The first-order valence-corrected chi connectivity index (χ1v) is 10.5. The molecule has 0 amide bonds. The van der Waals surface area contributed by atoms with Gasteiger partial charge in [-0.25, -0.2) is 0 Å². The van der Waals surface area contributed by atoms with E-state index in [1.807, 2.05) is 30.3 Å². The zero-order chi connectivity index (χ0) is 19.9. The average molecular weight is 403 g/mol. The third kappa shape index (κ3) is 5.71. The van der Waals surface area contributed by atoms with Crippen LogP contribution in [0.2, 0.25) is 5.02 Å². The summed E-state index contributed by atoms with van der Waals surface area (Å²) in [6.07, 6.45) is 0.463. The number of aliphatic hydroxyl groups excluding tert-OH is 1. The third-order valence-electron chi connectivity index (χ3n) is 5.39. The lowest BCUT2D eigenvalue weighted by Crippen LogP contribution is -2.49. The minimum atomic E-state index is -0.475. The van der Waals surface area contributed by atoms with Crippen LogP contribution in [-0.2, 0) is 4.74 Å². The van der Waals surface area contributed by atoms with Crippen molar-refractivity contribution in [2.75, 3.05) is 44.2 Å². The van der Waals surface area contributed by atoms with Crippen molar-refractivity contribution in [2.24, 2.45) is 0 Å². The Morgan fingerprint density at radius 3 is 2.46 bits per heavy atom. The highest BCUT2D eigenvalue weighted by Crippen LogP contribution is 2.25. The number of hydrogen-bond acceptors (Lipinski definition) is 4. The molecule has 0 aliphatic carbocycles. The lowest BCUT2D eigenvalue weighted by Gasteiger charge is -2.37. The van der Waals surface area contributed by atoms with Crippen molar-refractivity contribution in [3.63, 3.8) is 0 Å². The van der Waals surface area contributed by atoms with E-state index in [-0.39, 0.29) is 6.10 Å². The van der Waals surface area contributed by atoms with Crippen LogP contribution in [0.1, 0.15) is 30.6 Å². The Morgan fingerprint density at radius 2 is 1.79 bits per heavy atom. The molecule has 1 aliphatic heterocycles. The van der Waals surface area contributed by atoms with Crippen LogP contribution >= 0.6 is 11.6 Å². The third-order valence-corrected chi connectivity index (χ3v) is 5.62. The van der Waals surface area contributed by atoms with E-state index in [2.05, 4.69) is 41.8 Å². The van der Waals surface area contributed by atoms with Crippen molar-refractivity contribution in [1.82, 2.24) is 4.90 Å². The number of rotatable bonds is 8. The Labute approximate surface area is 173 Å². The number of aryl methyl sites for hydroxylation is 1. The van der Waals surface area contributed by atoms with Gasteiger partial charge in [-0.15, -0.1) is 0 Å². The van der Waals surface area contributed by atoms with Gasteiger partial charge in [0.15, 0.2) is 0 Å². The van der Waals surface area contributed by atoms with Gasteiger partial charge in [0.25, 0.3) is 0 Å². The number of halogens is 1. The number of nitrogens with zero attached hydrogens (tertiary/aromatic N) is 2. The molecule has 28 heavy (non-hydrogen) atoms. The molecule has 1 heterocycles. The van der Waals surface area contributed by atoms with Gasteiger partial charge in [0.1, 0.15) is 0 Å². The van der Waals surface area contributed by atoms with Crippen molar-refractivity contribution in [2.45, 2.75) is 32.5 Å². The van der Waals surface area contributed by atoms with Crippen molar-refractivity contribution in [1.29, 1.82) is 0 Å². The highest BCUT2D eigenvalue weighted by atomic mass is 35.5. The average Bonchev–Trinajstić information content (AvgIpc) is 2.72. The molecule has 0 radical (unpaired) electrons. The van der Waals surface area contributed by atoms with Gasteiger partial charge in [0.05, 0.1) is 18.8 Å². The van der Waals surface area contributed by atoms with Gasteiger partial charge in [-0.3, -0.25) is 4.90 Å². The lowest BCUT2D eigenvalue weighted by atomic mass is 10.1. The van der Waals surface area contributed by atoms with Crippen molar-refractivity contribution >= 4 is 17.3 Å². The highest BCUT2D eigenvalue weighted by molar-refractivity contribution is 6.30. The topological polar surface area (TPSA) is 35.9 Å². The molecular formula is C23H31ClN2O2. The smallest absolute Gasteiger partial charge is 0.0900 e. The number of hydrogen-bond donors (Lipinski definition) is 1. The Bertz CT molecular complexity index is 733. The first-order valence-electron chi connectivity index (χ1n) is 10.1. The molecule has 2 aromatic rings. The fraction of sp³-hybridized carbons (Fsp3) is 0.478. The van der Waals surface area contributed by atoms with E-state index < -0.39 is 6.10 Å². The summed E-state index contributed by atoms with van der Waals surface area (Å²) >= 11 is 6.17. The molecule has 0 spiro atoms. The number of aliphatic hydroxyl groups is 1. The molecule has 3 rings (SSSR count). The number of anilines is 1. The Balaban J connectivity index is 1.44. The summed E-state index contributed by atoms with van der Waals surface area (Å²) < 4.78 is 6.00. The van der Waals surface area contributed by atoms with Gasteiger partial charge in [-0.1, -0.05) is 54.9 Å². The minimum absolute atomic E-state index is 0.0403. The van der Waals surface area contributed by atoms with Crippen LogP contribution in [0.25, 0.3) is 0 Å². The molecule has 0 aromatic heterocycles. The van der Waals surface area contributed by atoms with E-state index in [9.17, 15) is 5.11 Å². The molecule has 1 fully saturated rings. The molecule has 1 saturated heterocycles. The lowest BCUT2D eigenvalue weighted by molar-refractivity contribution is -0.0240. The molecule has 152 valence electrons. The summed E-state index contributed by atoms with van der Waals surface area (Å²) in [4.78, 5) is 4.69. The molecule has 2 aromatic carbocycles. The SMILES string of the molecule is CC[C@H](OC[C@H](O)CN1CCN(c2cc(Cl)ccc2C)CC1)c1ccccc1. The zero-order valence-electron chi connectivity index (χ0n) is 16.9. The standard InChI is InChI=1S/C23H31ClN2O2/c1-3-23(19-7-5-4-6-8-19)28-17-21(27)16-25-11-13-26(14-12-25)22-15-20(24)10-9-18(22)2/h4-10,15,21,23,27H,3,11-14,16-17H2,1-2H3/t21-,23+/m1/s1. The fourth-order valence-corrected chi connectivity index (χ4v) is 3.96. The van der Waals surface area contributed by atoms with Crippen LogP contribution in [0.15, 0.2) is 48.5 Å². The number of β-amino-alcohol motifs (C(OH)–C–C–N with tert-alkyl or cyclic N) is 1. The van der Waals surface area contributed by atoms with Crippen LogP contribution < -0.4 is 4.90 Å². The number of benzene rings is 2. The maximum absolute atomic E-state index is 10.5. The monoisotopic (exact) mass is 402 g/mol. The van der Waals surface area contributed by atoms with Crippen LogP contribution in [0.5, 0.6) is 0 Å². The molecule has 1 N–H and O–H groups in total. The van der Waals surface area contributed by atoms with E-state index in [1.165, 1.54) is 16.8 Å². The normalized spacial score (nSPS) is 17.5. The fourth-order valence-electron chi connectivity index (χ4n) is 3.79. The quantitative estimate of drug-likeness (QED) is 0.714. The summed E-state index contributed by atoms with van der Waals surface area (Å²) in [6.45, 7) is 8.98. The van der Waals surface area contributed by atoms with E-state index in [0.29, 0.717) is 13.2 Å². The Kier molecular flexibility index (Phi) is 7.74. The summed E-state index contributed by atoms with van der Waals surface area (Å²) in [6, 6.07) is 16.3.